The molecule has 0 aromatic heterocycles. The number of aliphatic hydroxyl groups is 1. The SMILES string of the molecule is CCCCCCCCCCCCCCCCCCC(=O)OC[C@H](COP(=O)(O)OC[C@@H](O)COP(=O)(O)OC[C@@H](COC(=O)CCCCCCCCCCCC)OC(=O)CCCCCCCCCCCCCCCC)OC(=O)CCCCCCCCCCCCCCCCCCCCC(C)CC. The largest absolute Gasteiger partial charge is 0.472 e. The molecule has 0 aromatic carbocycles. The second kappa shape index (κ2) is 75.9. The minimum Gasteiger partial charge on any atom is -0.462 e. The number of unbranched alkanes of at least 4 members (excludes halogenated alkanes) is 54. The van der Waals surface area contributed by atoms with Gasteiger partial charge in [0, 0.05) is 25.7 Å². The molecule has 0 radical (unpaired) electrons. The van der Waals surface area contributed by atoms with E-state index in [1.807, 2.05) is 0 Å². The average Bonchev–Trinajstić information content (AvgIpc) is 0.922. The third-order valence-corrected chi connectivity index (χ3v) is 21.8. The lowest BCUT2D eigenvalue weighted by Gasteiger charge is -2.21. The number of ether oxygens (including phenoxy) is 4. The number of esters is 4. The van der Waals surface area contributed by atoms with Crippen LogP contribution in [0.15, 0.2) is 0 Å². The number of hydrogen-bond donors (Lipinski definition) is 3. The van der Waals surface area contributed by atoms with Gasteiger partial charge < -0.3 is 33.8 Å². The lowest BCUT2D eigenvalue weighted by Crippen LogP contribution is -2.30. The molecule has 606 valence electrons. The van der Waals surface area contributed by atoms with Crippen LogP contribution in [-0.2, 0) is 65.4 Å². The minimum absolute atomic E-state index is 0.109. The summed E-state index contributed by atoms with van der Waals surface area (Å²) in [6, 6.07) is 0. The third kappa shape index (κ3) is 74.9. The van der Waals surface area contributed by atoms with Crippen LogP contribution in [0.25, 0.3) is 0 Å². The lowest BCUT2D eigenvalue weighted by molar-refractivity contribution is -0.161. The molecule has 102 heavy (non-hydrogen) atoms. The molecule has 0 aliphatic rings. The first-order valence-electron chi connectivity index (χ1n) is 43.2. The molecule has 0 fully saturated rings. The molecule has 3 N–H and O–H groups in total. The molecule has 17 nitrogen and oxygen atoms in total. The molecule has 0 bridgehead atoms. The van der Waals surface area contributed by atoms with Crippen LogP contribution in [0.1, 0.15) is 446 Å². The number of carbonyl (C=O) groups is 4. The Morgan fingerprint density at radius 1 is 0.275 bits per heavy atom. The summed E-state index contributed by atoms with van der Waals surface area (Å²) >= 11 is 0. The topological polar surface area (TPSA) is 237 Å². The number of hydrogen-bond acceptors (Lipinski definition) is 15. The third-order valence-electron chi connectivity index (χ3n) is 19.9. The van der Waals surface area contributed by atoms with Crippen molar-refractivity contribution in [1.29, 1.82) is 0 Å². The first-order chi connectivity index (χ1) is 49.6. The van der Waals surface area contributed by atoms with E-state index in [0.29, 0.717) is 25.7 Å². The van der Waals surface area contributed by atoms with Gasteiger partial charge in [-0.15, -0.1) is 0 Å². The first-order valence-corrected chi connectivity index (χ1v) is 46.2. The van der Waals surface area contributed by atoms with Crippen LogP contribution in [0.2, 0.25) is 0 Å². The van der Waals surface area contributed by atoms with Gasteiger partial charge in [0.1, 0.15) is 19.3 Å². The van der Waals surface area contributed by atoms with Crippen molar-refractivity contribution in [2.45, 2.75) is 464 Å². The van der Waals surface area contributed by atoms with Crippen LogP contribution in [-0.4, -0.2) is 96.7 Å². The van der Waals surface area contributed by atoms with Gasteiger partial charge in [0.25, 0.3) is 0 Å². The monoisotopic (exact) mass is 1490 g/mol. The molecule has 0 rings (SSSR count). The highest BCUT2D eigenvalue weighted by molar-refractivity contribution is 7.47. The van der Waals surface area contributed by atoms with Crippen LogP contribution in [0.4, 0.5) is 0 Å². The molecule has 0 aromatic rings. The molecular weight excluding hydrogens is 1330 g/mol. The summed E-state index contributed by atoms with van der Waals surface area (Å²) in [6.45, 7) is 7.41. The Balaban J connectivity index is 5.21. The zero-order valence-electron chi connectivity index (χ0n) is 66.8. The van der Waals surface area contributed by atoms with Crippen LogP contribution in [0.5, 0.6) is 0 Å². The molecule has 0 aliphatic heterocycles. The van der Waals surface area contributed by atoms with Gasteiger partial charge in [0.15, 0.2) is 12.2 Å². The Labute approximate surface area is 626 Å². The van der Waals surface area contributed by atoms with Crippen LogP contribution in [0, 0.1) is 5.92 Å². The predicted octanol–water partition coefficient (Wildman–Crippen LogP) is 25.2. The summed E-state index contributed by atoms with van der Waals surface area (Å²) in [5.74, 6) is -1.23. The highest BCUT2D eigenvalue weighted by Gasteiger charge is 2.30. The van der Waals surface area contributed by atoms with E-state index in [1.165, 1.54) is 270 Å². The lowest BCUT2D eigenvalue weighted by atomic mass is 9.99. The molecule has 6 atom stereocenters. The number of phosphoric ester groups is 2. The van der Waals surface area contributed by atoms with Gasteiger partial charge in [-0.3, -0.25) is 37.3 Å². The van der Waals surface area contributed by atoms with Crippen LogP contribution < -0.4 is 0 Å². The van der Waals surface area contributed by atoms with Gasteiger partial charge in [-0.05, 0) is 31.6 Å². The van der Waals surface area contributed by atoms with E-state index >= 15 is 0 Å². The standard InChI is InChI=1S/C83H162O17P2/c1-6-10-13-16-19-22-25-27-29-35-39-42-47-52-57-62-67-81(86)94-73-79(100-83(88)69-64-59-54-49-44-40-36-33-31-30-32-34-37-41-45-50-55-60-65-76(5)9-4)75-98-102(91,92)96-71-77(84)70-95-101(89,90)97-74-78(72-93-80(85)66-61-56-51-46-24-21-18-15-12-8-3)99-82(87)68-63-58-53-48-43-38-28-26-23-20-17-14-11-7-2/h76-79,84H,6-75H2,1-5H3,(H,89,90)(H,91,92)/t76?,77-,78+,79+/m0/s1. The molecule has 0 saturated heterocycles. The van der Waals surface area contributed by atoms with Gasteiger partial charge >= 0.3 is 39.5 Å². The fraction of sp³-hybridized carbons (Fsp3) is 0.952. The maximum Gasteiger partial charge on any atom is 0.472 e. The minimum atomic E-state index is -4.96. The summed E-state index contributed by atoms with van der Waals surface area (Å²) in [5, 5.41) is 10.7. The summed E-state index contributed by atoms with van der Waals surface area (Å²) < 4.78 is 68.8. The van der Waals surface area contributed by atoms with Crippen molar-refractivity contribution in [3.8, 4) is 0 Å². The van der Waals surface area contributed by atoms with Gasteiger partial charge in [0.05, 0.1) is 26.4 Å². The molecule has 3 unspecified atom stereocenters. The Hall–Kier alpha value is -1.94. The molecule has 0 spiro atoms. The fourth-order valence-corrected chi connectivity index (χ4v) is 14.5. The Morgan fingerprint density at radius 3 is 0.696 bits per heavy atom. The highest BCUT2D eigenvalue weighted by atomic mass is 31.2. The molecular formula is C83H162O17P2. The van der Waals surface area contributed by atoms with E-state index in [2.05, 4.69) is 34.6 Å². The Morgan fingerprint density at radius 2 is 0.471 bits per heavy atom. The molecule has 0 amide bonds. The van der Waals surface area contributed by atoms with Gasteiger partial charge in [-0.25, -0.2) is 9.13 Å². The van der Waals surface area contributed by atoms with Gasteiger partial charge in [-0.1, -0.05) is 394 Å². The second-order valence-corrected chi connectivity index (χ2v) is 33.0. The highest BCUT2D eigenvalue weighted by Crippen LogP contribution is 2.45. The molecule has 19 heteroatoms. The Kier molecular flexibility index (Phi) is 74.4. The van der Waals surface area contributed by atoms with E-state index in [1.54, 1.807) is 0 Å². The van der Waals surface area contributed by atoms with Crippen LogP contribution >= 0.6 is 15.6 Å². The average molecular weight is 1490 g/mol. The summed E-state index contributed by atoms with van der Waals surface area (Å²) in [5.41, 5.74) is 0. The molecule has 0 aliphatic carbocycles. The molecule has 0 saturated carbocycles. The van der Waals surface area contributed by atoms with E-state index in [4.69, 9.17) is 37.0 Å². The van der Waals surface area contributed by atoms with Gasteiger partial charge in [-0.2, -0.15) is 0 Å². The Bertz CT molecular complexity index is 1950. The normalized spacial score (nSPS) is 14.1. The second-order valence-electron chi connectivity index (χ2n) is 30.1. The maximum atomic E-state index is 13.1. The zero-order chi connectivity index (χ0) is 74.8. The fourth-order valence-electron chi connectivity index (χ4n) is 12.9. The smallest absolute Gasteiger partial charge is 0.462 e. The van der Waals surface area contributed by atoms with Crippen molar-refractivity contribution in [2.24, 2.45) is 5.92 Å². The van der Waals surface area contributed by atoms with Crippen molar-refractivity contribution in [1.82, 2.24) is 0 Å². The summed E-state index contributed by atoms with van der Waals surface area (Å²) in [4.78, 5) is 73.1. The van der Waals surface area contributed by atoms with Crippen molar-refractivity contribution in [2.75, 3.05) is 39.6 Å². The number of carbonyl (C=O) groups excluding carboxylic acids is 4. The number of aliphatic hydroxyl groups excluding tert-OH is 1. The van der Waals surface area contributed by atoms with Crippen LogP contribution in [0.3, 0.4) is 0 Å². The van der Waals surface area contributed by atoms with E-state index in [0.717, 1.165) is 95.8 Å². The maximum absolute atomic E-state index is 13.1. The van der Waals surface area contributed by atoms with Crippen molar-refractivity contribution in [3.63, 3.8) is 0 Å². The van der Waals surface area contributed by atoms with Crippen molar-refractivity contribution < 1.29 is 80.2 Å². The summed E-state index contributed by atoms with van der Waals surface area (Å²) in [7, 11) is -9.92. The van der Waals surface area contributed by atoms with E-state index in [9.17, 15) is 43.2 Å². The van der Waals surface area contributed by atoms with E-state index in [-0.39, 0.29) is 25.7 Å². The predicted molar refractivity (Wildman–Crippen MR) is 418 cm³/mol. The summed E-state index contributed by atoms with van der Waals surface area (Å²) in [6.07, 6.45) is 67.9. The zero-order valence-corrected chi connectivity index (χ0v) is 68.5. The van der Waals surface area contributed by atoms with E-state index < -0.39 is 97.5 Å². The number of phosphoric acid groups is 2. The quantitative estimate of drug-likeness (QED) is 0.0222. The first kappa shape index (κ1) is 100. The molecule has 0 heterocycles. The number of rotatable bonds is 83. The van der Waals surface area contributed by atoms with Crippen molar-refractivity contribution in [3.05, 3.63) is 0 Å². The van der Waals surface area contributed by atoms with Crippen molar-refractivity contribution >= 4 is 39.5 Å². The van der Waals surface area contributed by atoms with Gasteiger partial charge in [0.2, 0.25) is 0 Å².